The molecule has 0 amide bonds. The van der Waals surface area contributed by atoms with Crippen molar-refractivity contribution in [1.82, 2.24) is 9.55 Å². The number of rotatable bonds is 9. The van der Waals surface area contributed by atoms with Crippen molar-refractivity contribution < 1.29 is 61.4 Å². The zero-order valence-corrected chi connectivity index (χ0v) is 19.1. The molecule has 3 rings (SSSR count). The van der Waals surface area contributed by atoms with Gasteiger partial charge in [-0.2, -0.15) is 8.62 Å². The summed E-state index contributed by atoms with van der Waals surface area (Å²) < 4.78 is 51.9. The van der Waals surface area contributed by atoms with Crippen molar-refractivity contribution in [2.24, 2.45) is 0 Å². The fourth-order valence-corrected chi connectivity index (χ4v) is 6.28. The summed E-state index contributed by atoms with van der Waals surface area (Å²) in [5.74, 6) is 0. The number of aliphatic hydroxyl groups is 2. The topological polar surface area (TPSA) is 264 Å². The van der Waals surface area contributed by atoms with Crippen LogP contribution in [0.15, 0.2) is 15.8 Å². The van der Waals surface area contributed by atoms with Crippen molar-refractivity contribution in [2.45, 2.75) is 49.7 Å². The van der Waals surface area contributed by atoms with Gasteiger partial charge in [0.25, 0.3) is 5.56 Å². The highest BCUT2D eigenvalue weighted by Crippen LogP contribution is 2.66. The number of aliphatic hydroxyl groups excluding tert-OH is 2. The Morgan fingerprint density at radius 2 is 1.67 bits per heavy atom. The molecule has 2 fully saturated rings. The van der Waals surface area contributed by atoms with Gasteiger partial charge in [0.05, 0.1) is 12.2 Å². The normalized spacial score (nSPS) is 29.9. The Bertz CT molecular complexity index is 1140. The van der Waals surface area contributed by atoms with E-state index in [2.05, 4.69) is 18.1 Å². The molecule has 1 saturated carbocycles. The smallest absolute Gasteiger partial charge is 0.387 e. The number of nitrogens with one attached hydrogen (secondary N) is 1. The fraction of sp³-hybridized carbons (Fsp3) is 0.692. The second-order valence-electron chi connectivity index (χ2n) is 7.30. The van der Waals surface area contributed by atoms with E-state index in [4.69, 9.17) is 19.4 Å². The monoisotopic (exact) mass is 538 g/mol. The maximum atomic E-state index is 12.2. The van der Waals surface area contributed by atoms with Crippen LogP contribution in [0.1, 0.15) is 37.0 Å². The molecule has 2 aliphatic rings. The van der Waals surface area contributed by atoms with Gasteiger partial charge in [0.2, 0.25) is 0 Å². The Hall–Kier alpha value is -1.03. The Kier molecular flexibility index (Phi) is 7.69. The highest BCUT2D eigenvalue weighted by molar-refractivity contribution is 7.66. The van der Waals surface area contributed by atoms with Crippen LogP contribution in [-0.2, 0) is 31.6 Å². The van der Waals surface area contributed by atoms with Crippen molar-refractivity contribution >= 4 is 23.5 Å². The lowest BCUT2D eigenvalue weighted by Crippen LogP contribution is -2.38. The first-order valence-electron chi connectivity index (χ1n) is 9.24. The second kappa shape index (κ2) is 9.55. The molecule has 6 atom stereocenters. The third kappa shape index (κ3) is 6.55. The SMILES string of the molecule is O=c1[nH]c(=O)n(C2CCC2)cc1[C@@H]1O[C@H](COP(=O)(O)OP(=O)(O)OP(=O)(O)O)C(O)C1O. The van der Waals surface area contributed by atoms with Crippen molar-refractivity contribution in [1.29, 1.82) is 0 Å². The number of nitrogens with zero attached hydrogens (tertiary/aromatic N) is 1. The van der Waals surface area contributed by atoms with E-state index >= 15 is 0 Å². The largest absolute Gasteiger partial charge is 0.490 e. The maximum absolute atomic E-state index is 12.2. The van der Waals surface area contributed by atoms with Crippen molar-refractivity contribution in [3.8, 4) is 0 Å². The summed E-state index contributed by atoms with van der Waals surface area (Å²) in [5, 5.41) is 20.5. The number of phosphoric ester groups is 1. The Balaban J connectivity index is 1.71. The summed E-state index contributed by atoms with van der Waals surface area (Å²) in [4.78, 5) is 62.0. The van der Waals surface area contributed by atoms with Gasteiger partial charge in [-0.3, -0.25) is 18.9 Å². The predicted molar refractivity (Wildman–Crippen MR) is 104 cm³/mol. The van der Waals surface area contributed by atoms with Gasteiger partial charge in [-0.05, 0) is 19.3 Å². The van der Waals surface area contributed by atoms with Gasteiger partial charge in [0, 0.05) is 12.2 Å². The zero-order valence-electron chi connectivity index (χ0n) is 16.4. The molecular weight excluding hydrogens is 517 g/mol. The predicted octanol–water partition coefficient (Wildman–Crippen LogP) is -1.23. The summed E-state index contributed by atoms with van der Waals surface area (Å²) in [5.41, 5.74) is -1.75. The molecule has 188 valence electrons. The highest BCUT2D eigenvalue weighted by Gasteiger charge is 2.47. The van der Waals surface area contributed by atoms with E-state index in [1.54, 1.807) is 0 Å². The summed E-state index contributed by atoms with van der Waals surface area (Å²) in [6.07, 6.45) is -3.05. The standard InChI is InChI=1S/C13H21N2O15P3/c16-9-8(5-27-32(23,24)30-33(25,26)29-31(20,21)22)28-11(10(9)17)7-4-15(6-2-1-3-6)13(19)14-12(7)18/h4,6,8-11,16-17H,1-3,5H2,(H,23,24)(H,25,26)(H,14,18,19)(H2,20,21,22)/t8-,9?,10?,11+/m1/s1. The molecule has 7 N–H and O–H groups in total. The van der Waals surface area contributed by atoms with Crippen LogP contribution >= 0.6 is 23.5 Å². The molecule has 1 aromatic rings. The summed E-state index contributed by atoms with van der Waals surface area (Å²) >= 11 is 0. The van der Waals surface area contributed by atoms with Crippen molar-refractivity contribution in [3.05, 3.63) is 32.6 Å². The van der Waals surface area contributed by atoms with Gasteiger partial charge in [-0.1, -0.05) is 0 Å². The van der Waals surface area contributed by atoms with Crippen LogP contribution in [0.5, 0.6) is 0 Å². The van der Waals surface area contributed by atoms with E-state index in [9.17, 15) is 38.4 Å². The number of hydrogen-bond donors (Lipinski definition) is 7. The molecule has 20 heteroatoms. The van der Waals surface area contributed by atoms with Crippen LogP contribution < -0.4 is 11.2 Å². The van der Waals surface area contributed by atoms with E-state index in [1.807, 2.05) is 0 Å². The molecule has 0 spiro atoms. The molecule has 0 radical (unpaired) electrons. The highest BCUT2D eigenvalue weighted by atomic mass is 31.3. The maximum Gasteiger partial charge on any atom is 0.490 e. The van der Waals surface area contributed by atoms with Gasteiger partial charge in [0.15, 0.2) is 0 Å². The minimum atomic E-state index is -5.74. The Labute approximate surface area is 184 Å². The number of phosphoric acid groups is 3. The Morgan fingerprint density at radius 1 is 1.03 bits per heavy atom. The van der Waals surface area contributed by atoms with Crippen LogP contribution in [0.3, 0.4) is 0 Å². The molecule has 17 nitrogen and oxygen atoms in total. The van der Waals surface area contributed by atoms with Gasteiger partial charge in [-0.25, -0.2) is 18.5 Å². The van der Waals surface area contributed by atoms with E-state index in [0.29, 0.717) is 12.8 Å². The third-order valence-corrected chi connectivity index (χ3v) is 8.75. The Morgan fingerprint density at radius 3 is 2.21 bits per heavy atom. The first-order chi connectivity index (χ1) is 15.1. The lowest BCUT2D eigenvalue weighted by molar-refractivity contribution is -0.0229. The first kappa shape index (κ1) is 26.6. The molecular formula is C13H21N2O15P3. The van der Waals surface area contributed by atoms with E-state index in [1.165, 1.54) is 10.8 Å². The molecule has 2 heterocycles. The van der Waals surface area contributed by atoms with Crippen LogP contribution in [-0.4, -0.2) is 64.3 Å². The zero-order chi connectivity index (χ0) is 24.8. The lowest BCUT2D eigenvalue weighted by atomic mass is 9.92. The van der Waals surface area contributed by atoms with Crippen LogP contribution in [0, 0.1) is 0 Å². The van der Waals surface area contributed by atoms with E-state index in [0.717, 1.165) is 6.42 Å². The van der Waals surface area contributed by atoms with E-state index < -0.39 is 65.7 Å². The van der Waals surface area contributed by atoms with Crippen molar-refractivity contribution in [3.63, 3.8) is 0 Å². The average Bonchev–Trinajstić information content (AvgIpc) is 2.86. The average molecular weight is 538 g/mol. The minimum absolute atomic E-state index is 0.155. The molecule has 4 unspecified atom stereocenters. The van der Waals surface area contributed by atoms with Crippen LogP contribution in [0.2, 0.25) is 0 Å². The van der Waals surface area contributed by atoms with Crippen LogP contribution in [0.25, 0.3) is 0 Å². The summed E-state index contributed by atoms with van der Waals surface area (Å²) in [6.45, 7) is -1.03. The molecule has 1 aliphatic heterocycles. The number of aromatic amines is 1. The van der Waals surface area contributed by atoms with Crippen LogP contribution in [0.4, 0.5) is 0 Å². The first-order valence-corrected chi connectivity index (χ1v) is 13.8. The lowest BCUT2D eigenvalue weighted by Gasteiger charge is -2.28. The third-order valence-electron chi connectivity index (χ3n) is 4.95. The number of ether oxygens (including phenoxy) is 1. The van der Waals surface area contributed by atoms with Gasteiger partial charge < -0.3 is 34.5 Å². The van der Waals surface area contributed by atoms with Gasteiger partial charge >= 0.3 is 29.2 Å². The molecule has 1 aromatic heterocycles. The van der Waals surface area contributed by atoms with E-state index in [-0.39, 0.29) is 11.6 Å². The molecule has 1 saturated heterocycles. The number of aromatic nitrogens is 2. The van der Waals surface area contributed by atoms with Gasteiger partial charge in [-0.15, -0.1) is 0 Å². The minimum Gasteiger partial charge on any atom is -0.387 e. The molecule has 0 bridgehead atoms. The fourth-order valence-electron chi connectivity index (χ4n) is 3.25. The second-order valence-corrected chi connectivity index (χ2v) is 11.7. The number of H-pyrrole nitrogens is 1. The number of hydrogen-bond acceptors (Lipinski definition) is 11. The molecule has 1 aliphatic carbocycles. The molecule has 33 heavy (non-hydrogen) atoms. The summed E-state index contributed by atoms with van der Waals surface area (Å²) in [7, 11) is -16.8. The molecule has 0 aromatic carbocycles. The summed E-state index contributed by atoms with van der Waals surface area (Å²) in [6, 6.07) is -0.155. The van der Waals surface area contributed by atoms with Gasteiger partial charge in [0.1, 0.15) is 24.4 Å². The van der Waals surface area contributed by atoms with Crippen molar-refractivity contribution in [2.75, 3.05) is 6.61 Å². The quantitative estimate of drug-likeness (QED) is 0.181.